The molecule has 0 aromatic rings. The summed E-state index contributed by atoms with van der Waals surface area (Å²) in [5.41, 5.74) is 5.97. The Morgan fingerprint density at radius 2 is 1.60 bits per heavy atom. The first-order valence-electron chi connectivity index (χ1n) is 8.17. The SMILES string of the molecule is CCN(CC(=O)N(C(C)C)C(C)C)C1CCC(N)CC1. The van der Waals surface area contributed by atoms with Gasteiger partial charge in [0.25, 0.3) is 0 Å². The molecule has 1 aliphatic carbocycles. The molecule has 0 heterocycles. The van der Waals surface area contributed by atoms with Gasteiger partial charge in [-0.15, -0.1) is 0 Å². The standard InChI is InChI=1S/C16H33N3O/c1-6-18(15-9-7-14(17)8-10-15)11-16(20)19(12(2)3)13(4)5/h12-15H,6-11,17H2,1-5H3. The smallest absolute Gasteiger partial charge is 0.237 e. The second kappa shape index (κ2) is 7.99. The summed E-state index contributed by atoms with van der Waals surface area (Å²) in [5, 5.41) is 0. The molecule has 0 aromatic heterocycles. The average Bonchev–Trinajstić information content (AvgIpc) is 2.36. The van der Waals surface area contributed by atoms with Gasteiger partial charge in [-0.25, -0.2) is 0 Å². The minimum Gasteiger partial charge on any atom is -0.337 e. The van der Waals surface area contributed by atoms with Gasteiger partial charge in [-0.3, -0.25) is 9.69 Å². The van der Waals surface area contributed by atoms with E-state index in [-0.39, 0.29) is 18.0 Å². The van der Waals surface area contributed by atoms with Crippen molar-refractivity contribution < 1.29 is 4.79 Å². The Hall–Kier alpha value is -0.610. The zero-order valence-corrected chi connectivity index (χ0v) is 13.9. The van der Waals surface area contributed by atoms with Gasteiger partial charge < -0.3 is 10.6 Å². The lowest BCUT2D eigenvalue weighted by Crippen LogP contribution is -2.50. The summed E-state index contributed by atoms with van der Waals surface area (Å²) in [7, 11) is 0. The molecule has 2 N–H and O–H groups in total. The molecule has 0 spiro atoms. The van der Waals surface area contributed by atoms with Gasteiger partial charge >= 0.3 is 0 Å². The normalized spacial score (nSPS) is 23.6. The van der Waals surface area contributed by atoms with Gasteiger partial charge in [-0.1, -0.05) is 6.92 Å². The van der Waals surface area contributed by atoms with E-state index in [4.69, 9.17) is 5.73 Å². The van der Waals surface area contributed by atoms with Gasteiger partial charge in [-0.2, -0.15) is 0 Å². The number of rotatable bonds is 6. The Kier molecular flexibility index (Phi) is 6.96. The molecule has 0 radical (unpaired) electrons. The Balaban J connectivity index is 2.60. The highest BCUT2D eigenvalue weighted by Crippen LogP contribution is 2.22. The summed E-state index contributed by atoms with van der Waals surface area (Å²) in [6.07, 6.45) is 4.44. The minimum absolute atomic E-state index is 0.256. The molecule has 1 amide bonds. The Labute approximate surface area is 124 Å². The molecule has 20 heavy (non-hydrogen) atoms. The lowest BCUT2D eigenvalue weighted by atomic mass is 9.90. The number of nitrogens with two attached hydrogens (primary N) is 1. The molecule has 0 atom stereocenters. The van der Waals surface area contributed by atoms with E-state index < -0.39 is 0 Å². The van der Waals surface area contributed by atoms with Gasteiger partial charge in [0.1, 0.15) is 0 Å². The number of carbonyl (C=O) groups is 1. The highest BCUT2D eigenvalue weighted by atomic mass is 16.2. The van der Waals surface area contributed by atoms with Crippen LogP contribution >= 0.6 is 0 Å². The van der Waals surface area contributed by atoms with Crippen LogP contribution in [0.2, 0.25) is 0 Å². The predicted octanol–water partition coefficient (Wildman–Crippen LogP) is 2.22. The van der Waals surface area contributed by atoms with Crippen LogP contribution in [0.5, 0.6) is 0 Å². The fourth-order valence-electron chi connectivity index (χ4n) is 3.39. The van der Waals surface area contributed by atoms with E-state index in [9.17, 15) is 4.79 Å². The Bertz CT molecular complexity index is 288. The second-order valence-corrected chi connectivity index (χ2v) is 6.62. The van der Waals surface area contributed by atoms with E-state index in [0.717, 1.165) is 32.2 Å². The maximum absolute atomic E-state index is 12.6. The zero-order valence-electron chi connectivity index (χ0n) is 13.9. The molecule has 0 aliphatic heterocycles. The maximum Gasteiger partial charge on any atom is 0.237 e. The van der Waals surface area contributed by atoms with E-state index in [1.807, 2.05) is 4.90 Å². The van der Waals surface area contributed by atoms with Crippen LogP contribution in [0.25, 0.3) is 0 Å². The first-order valence-corrected chi connectivity index (χ1v) is 8.17. The Morgan fingerprint density at radius 1 is 1.10 bits per heavy atom. The number of amides is 1. The van der Waals surface area contributed by atoms with Gasteiger partial charge in [-0.05, 0) is 59.9 Å². The van der Waals surface area contributed by atoms with Crippen LogP contribution < -0.4 is 5.73 Å². The van der Waals surface area contributed by atoms with Crippen molar-refractivity contribution in [3.8, 4) is 0 Å². The second-order valence-electron chi connectivity index (χ2n) is 6.62. The third-order valence-corrected chi connectivity index (χ3v) is 4.40. The summed E-state index contributed by atoms with van der Waals surface area (Å²) in [4.78, 5) is 16.9. The van der Waals surface area contributed by atoms with Crippen LogP contribution in [-0.4, -0.2) is 53.0 Å². The largest absolute Gasteiger partial charge is 0.337 e. The van der Waals surface area contributed by atoms with E-state index in [0.29, 0.717) is 18.6 Å². The molecule has 1 aliphatic rings. The molecule has 1 saturated carbocycles. The molecular weight excluding hydrogens is 250 g/mol. The molecular formula is C16H33N3O. The topological polar surface area (TPSA) is 49.6 Å². The van der Waals surface area contributed by atoms with E-state index in [1.54, 1.807) is 0 Å². The number of carbonyl (C=O) groups excluding carboxylic acids is 1. The van der Waals surface area contributed by atoms with Crippen molar-refractivity contribution in [2.24, 2.45) is 5.73 Å². The van der Waals surface area contributed by atoms with Gasteiger partial charge in [0.05, 0.1) is 6.54 Å². The number of hydrogen-bond acceptors (Lipinski definition) is 3. The van der Waals surface area contributed by atoms with Gasteiger partial charge in [0, 0.05) is 24.2 Å². The van der Waals surface area contributed by atoms with Crippen molar-refractivity contribution in [2.75, 3.05) is 13.1 Å². The van der Waals surface area contributed by atoms with Gasteiger partial charge in [0.15, 0.2) is 0 Å². The molecule has 1 rings (SSSR count). The van der Waals surface area contributed by atoms with Crippen molar-refractivity contribution >= 4 is 5.91 Å². The van der Waals surface area contributed by atoms with Crippen LogP contribution in [0.1, 0.15) is 60.3 Å². The van der Waals surface area contributed by atoms with E-state index >= 15 is 0 Å². The molecule has 0 unspecified atom stereocenters. The van der Waals surface area contributed by atoms with E-state index in [1.165, 1.54) is 0 Å². The minimum atomic E-state index is 0.256. The van der Waals surface area contributed by atoms with Crippen molar-refractivity contribution in [1.29, 1.82) is 0 Å². The zero-order chi connectivity index (χ0) is 15.3. The third-order valence-electron chi connectivity index (χ3n) is 4.40. The summed E-state index contributed by atoms with van der Waals surface area (Å²) in [6.45, 7) is 12.0. The van der Waals surface area contributed by atoms with Crippen LogP contribution in [-0.2, 0) is 4.79 Å². The van der Waals surface area contributed by atoms with Crippen molar-refractivity contribution in [3.05, 3.63) is 0 Å². The fourth-order valence-corrected chi connectivity index (χ4v) is 3.39. The monoisotopic (exact) mass is 283 g/mol. The highest BCUT2D eigenvalue weighted by Gasteiger charge is 2.27. The van der Waals surface area contributed by atoms with Crippen molar-refractivity contribution in [1.82, 2.24) is 9.80 Å². The number of nitrogens with zero attached hydrogens (tertiary/aromatic N) is 2. The summed E-state index contributed by atoms with van der Waals surface area (Å²) in [6, 6.07) is 1.43. The summed E-state index contributed by atoms with van der Waals surface area (Å²) >= 11 is 0. The maximum atomic E-state index is 12.6. The van der Waals surface area contributed by atoms with Crippen LogP contribution in [0.3, 0.4) is 0 Å². The number of likely N-dealkylation sites (N-methyl/N-ethyl adjacent to an activating group) is 1. The molecule has 4 nitrogen and oxygen atoms in total. The molecule has 0 aromatic carbocycles. The van der Waals surface area contributed by atoms with Crippen LogP contribution in [0.4, 0.5) is 0 Å². The summed E-state index contributed by atoms with van der Waals surface area (Å²) in [5.74, 6) is 0.256. The average molecular weight is 283 g/mol. The quantitative estimate of drug-likeness (QED) is 0.813. The fraction of sp³-hybridized carbons (Fsp3) is 0.938. The molecule has 118 valence electrons. The lowest BCUT2D eigenvalue weighted by molar-refractivity contribution is -0.136. The Morgan fingerprint density at radius 3 is 2.00 bits per heavy atom. The number of hydrogen-bond donors (Lipinski definition) is 1. The first-order chi connectivity index (χ1) is 9.36. The van der Waals surface area contributed by atoms with Crippen molar-refractivity contribution in [2.45, 2.75) is 84.5 Å². The molecule has 1 fully saturated rings. The molecule has 4 heteroatoms. The summed E-state index contributed by atoms with van der Waals surface area (Å²) < 4.78 is 0. The third kappa shape index (κ3) is 4.74. The molecule has 0 saturated heterocycles. The van der Waals surface area contributed by atoms with Crippen LogP contribution in [0.15, 0.2) is 0 Å². The molecule has 0 bridgehead atoms. The van der Waals surface area contributed by atoms with Crippen molar-refractivity contribution in [3.63, 3.8) is 0 Å². The first kappa shape index (κ1) is 17.4. The predicted molar refractivity (Wildman–Crippen MR) is 84.6 cm³/mol. The van der Waals surface area contributed by atoms with Crippen LogP contribution in [0, 0.1) is 0 Å². The van der Waals surface area contributed by atoms with Gasteiger partial charge in [0.2, 0.25) is 5.91 Å². The highest BCUT2D eigenvalue weighted by molar-refractivity contribution is 5.78. The lowest BCUT2D eigenvalue weighted by Gasteiger charge is -2.38. The van der Waals surface area contributed by atoms with E-state index in [2.05, 4.69) is 39.5 Å².